The molecule has 16 heteroatoms. The maximum Gasteiger partial charge on any atom is 0.394 e. The molecule has 0 aliphatic heterocycles. The van der Waals surface area contributed by atoms with Crippen LogP contribution in [0.5, 0.6) is 0 Å². The molecule has 0 radical (unpaired) electrons. The fraction of sp³-hybridized carbons (Fsp3) is 0.606. The Hall–Kier alpha value is -4.57. The Balaban J connectivity index is 2.22. The minimum atomic E-state index is -1.75. The largest absolute Gasteiger partial charge is 0.478 e. The zero-order valence-corrected chi connectivity index (χ0v) is 28.4. The molecule has 1 aliphatic carbocycles. The van der Waals surface area contributed by atoms with Crippen LogP contribution in [0, 0.1) is 17.8 Å². The van der Waals surface area contributed by atoms with E-state index in [4.69, 9.17) is 10.8 Å². The first-order chi connectivity index (χ1) is 23.0. The molecule has 1 aromatic carbocycles. The number of rotatable bonds is 17. The van der Waals surface area contributed by atoms with Gasteiger partial charge in [0.15, 0.2) is 6.10 Å². The van der Waals surface area contributed by atoms with Crippen molar-refractivity contribution in [2.45, 2.75) is 103 Å². The van der Waals surface area contributed by atoms with E-state index in [-0.39, 0.29) is 29.5 Å². The number of nitrogens with two attached hydrogens (primary N) is 1. The first kappa shape index (κ1) is 40.6. The molecule has 2 rings (SSSR count). The van der Waals surface area contributed by atoms with Gasteiger partial charge in [-0.3, -0.25) is 24.0 Å². The lowest BCUT2D eigenvalue weighted by molar-refractivity contribution is -0.150. The second-order valence-corrected chi connectivity index (χ2v) is 13.2. The molecule has 0 spiro atoms. The highest BCUT2D eigenvalue weighted by molar-refractivity contribution is 6.31. The van der Waals surface area contributed by atoms with Crippen LogP contribution in [0.3, 0.4) is 0 Å². The van der Waals surface area contributed by atoms with E-state index in [1.165, 1.54) is 24.3 Å². The number of aromatic carboxylic acids is 1. The maximum absolute atomic E-state index is 13.8. The predicted molar refractivity (Wildman–Crippen MR) is 178 cm³/mol. The molecule has 16 nitrogen and oxygen atoms in total. The lowest BCUT2D eigenvalue weighted by atomic mass is 9.83. The van der Waals surface area contributed by atoms with Gasteiger partial charge in [-0.15, -0.1) is 0 Å². The van der Waals surface area contributed by atoms with Crippen molar-refractivity contribution >= 4 is 47.2 Å². The van der Waals surface area contributed by atoms with Crippen LogP contribution in [-0.4, -0.2) is 93.6 Å². The second kappa shape index (κ2) is 19.4. The third-order valence-corrected chi connectivity index (χ3v) is 8.27. The standard InChI is InChI=1S/C33H50N6O10/c1-17(2)13-24(38-29(43)25(18(3)4)39-27(41)22(34)16-35-31(45)33(48)49)28(42)37-23(14-19-9-6-5-7-10-19)26(40)30(44)36-21-12-8-11-20(15-21)32(46)47/h8,11-12,15,17-19,22-26,40H,5-7,9-10,13-14,16,34H2,1-4H3,(H,35,45)(H,36,44)(H,37,42)(H,38,43)(H,39,41)(H,46,47)(H,48,49)/t22-,23-,24-,25-,26+/m0/s1. The van der Waals surface area contributed by atoms with E-state index in [1.807, 2.05) is 19.2 Å². The SMILES string of the molecule is CC(C)C[C@H](NC(=O)[C@@H](NC(=O)[C@@H](N)CNC(=O)C(=O)O)C(C)C)C(=O)N[C@@H](CC1CCCCC1)[C@@H](O)C(=O)Nc1cccc(C(=O)O)c1. The number of carbonyl (C=O) groups is 7. The van der Waals surface area contributed by atoms with Crippen molar-refractivity contribution in [3.8, 4) is 0 Å². The number of nitrogens with one attached hydrogen (secondary N) is 5. The molecule has 1 aromatic rings. The lowest BCUT2D eigenvalue weighted by Crippen LogP contribution is -2.60. The highest BCUT2D eigenvalue weighted by Crippen LogP contribution is 2.28. The molecule has 49 heavy (non-hydrogen) atoms. The summed E-state index contributed by atoms with van der Waals surface area (Å²) in [6, 6.07) is 0.842. The average Bonchev–Trinajstić information content (AvgIpc) is 3.04. The van der Waals surface area contributed by atoms with Gasteiger partial charge in [-0.05, 0) is 48.8 Å². The first-order valence-corrected chi connectivity index (χ1v) is 16.5. The molecule has 5 atom stereocenters. The van der Waals surface area contributed by atoms with Crippen LogP contribution < -0.4 is 32.3 Å². The highest BCUT2D eigenvalue weighted by Gasteiger charge is 2.35. The van der Waals surface area contributed by atoms with Crippen molar-refractivity contribution in [3.05, 3.63) is 29.8 Å². The summed E-state index contributed by atoms with van der Waals surface area (Å²) >= 11 is 0. The fourth-order valence-electron chi connectivity index (χ4n) is 5.59. The van der Waals surface area contributed by atoms with Gasteiger partial charge in [0.1, 0.15) is 18.1 Å². The second-order valence-electron chi connectivity index (χ2n) is 13.2. The summed E-state index contributed by atoms with van der Waals surface area (Å²) in [6.45, 7) is 6.49. The van der Waals surface area contributed by atoms with E-state index >= 15 is 0 Å². The first-order valence-electron chi connectivity index (χ1n) is 16.5. The van der Waals surface area contributed by atoms with Crippen molar-refractivity contribution in [1.82, 2.24) is 21.3 Å². The Kier molecular flexibility index (Phi) is 16.1. The maximum atomic E-state index is 13.8. The normalized spacial score (nSPS) is 16.4. The average molecular weight is 691 g/mol. The number of carboxylic acid groups (broad SMARTS) is 2. The number of aliphatic hydroxyl groups is 1. The molecular formula is C33H50N6O10. The van der Waals surface area contributed by atoms with Gasteiger partial charge in [-0.25, -0.2) is 9.59 Å². The molecule has 0 aromatic heterocycles. The highest BCUT2D eigenvalue weighted by atomic mass is 16.4. The third-order valence-electron chi connectivity index (χ3n) is 8.27. The van der Waals surface area contributed by atoms with Gasteiger partial charge in [0.25, 0.3) is 5.91 Å². The van der Waals surface area contributed by atoms with E-state index < -0.39 is 84.2 Å². The van der Waals surface area contributed by atoms with E-state index in [0.29, 0.717) is 6.42 Å². The third kappa shape index (κ3) is 13.5. The molecule has 0 unspecified atom stereocenters. The van der Waals surface area contributed by atoms with E-state index in [0.717, 1.165) is 32.1 Å². The lowest BCUT2D eigenvalue weighted by Gasteiger charge is -2.32. The number of hydrogen-bond donors (Lipinski definition) is 9. The van der Waals surface area contributed by atoms with Gasteiger partial charge in [0.2, 0.25) is 17.7 Å². The number of benzene rings is 1. The van der Waals surface area contributed by atoms with E-state index in [9.17, 15) is 43.8 Å². The summed E-state index contributed by atoms with van der Waals surface area (Å²) in [6.07, 6.45) is 3.47. The Bertz CT molecular complexity index is 1350. The Morgan fingerprint density at radius 1 is 0.857 bits per heavy atom. The van der Waals surface area contributed by atoms with E-state index in [2.05, 4.69) is 21.3 Å². The molecule has 0 bridgehead atoms. The minimum absolute atomic E-state index is 0.0607. The van der Waals surface area contributed by atoms with Crippen LogP contribution in [-0.2, 0) is 28.8 Å². The fourth-order valence-corrected chi connectivity index (χ4v) is 5.59. The number of amides is 5. The molecule has 5 amide bonds. The Morgan fingerprint density at radius 2 is 1.51 bits per heavy atom. The zero-order chi connectivity index (χ0) is 36.8. The van der Waals surface area contributed by atoms with Crippen LogP contribution in [0.1, 0.15) is 83.0 Å². The Labute approximate surface area is 285 Å². The van der Waals surface area contributed by atoms with Crippen molar-refractivity contribution in [2.75, 3.05) is 11.9 Å². The summed E-state index contributed by atoms with van der Waals surface area (Å²) in [5, 5.41) is 41.7. The van der Waals surface area contributed by atoms with Crippen LogP contribution >= 0.6 is 0 Å². The van der Waals surface area contributed by atoms with Crippen molar-refractivity contribution < 1.29 is 48.9 Å². The quantitative estimate of drug-likeness (QED) is 0.101. The van der Waals surface area contributed by atoms with Gasteiger partial charge < -0.3 is 47.6 Å². The molecule has 0 heterocycles. The number of carbonyl (C=O) groups excluding carboxylic acids is 5. The number of anilines is 1. The summed E-state index contributed by atoms with van der Waals surface area (Å²) in [7, 11) is 0. The zero-order valence-electron chi connectivity index (χ0n) is 28.4. The molecular weight excluding hydrogens is 640 g/mol. The predicted octanol–water partition coefficient (Wildman–Crippen LogP) is 0.339. The van der Waals surface area contributed by atoms with Crippen molar-refractivity contribution in [1.29, 1.82) is 0 Å². The molecule has 1 saturated carbocycles. The van der Waals surface area contributed by atoms with Crippen LogP contribution in [0.4, 0.5) is 5.69 Å². The number of aliphatic carboxylic acids is 1. The van der Waals surface area contributed by atoms with Crippen LogP contribution in [0.15, 0.2) is 24.3 Å². The molecule has 0 saturated heterocycles. The van der Waals surface area contributed by atoms with Gasteiger partial charge in [0, 0.05) is 12.2 Å². The van der Waals surface area contributed by atoms with Gasteiger partial charge in [-0.1, -0.05) is 65.9 Å². The minimum Gasteiger partial charge on any atom is -0.478 e. The smallest absolute Gasteiger partial charge is 0.394 e. The van der Waals surface area contributed by atoms with Crippen LogP contribution in [0.2, 0.25) is 0 Å². The van der Waals surface area contributed by atoms with Crippen molar-refractivity contribution in [2.24, 2.45) is 23.5 Å². The monoisotopic (exact) mass is 690 g/mol. The number of hydrogen-bond acceptors (Lipinski definition) is 9. The number of aliphatic hydroxyl groups excluding tert-OH is 1. The summed E-state index contributed by atoms with van der Waals surface area (Å²) in [5.41, 5.74) is 5.88. The topological polar surface area (TPSA) is 266 Å². The molecule has 10 N–H and O–H groups in total. The molecule has 1 fully saturated rings. The summed E-state index contributed by atoms with van der Waals surface area (Å²) in [5.74, 6) is -7.74. The number of carboxylic acids is 2. The Morgan fingerprint density at radius 3 is 2.08 bits per heavy atom. The summed E-state index contributed by atoms with van der Waals surface area (Å²) in [4.78, 5) is 86.5. The van der Waals surface area contributed by atoms with E-state index in [1.54, 1.807) is 13.8 Å². The molecule has 1 aliphatic rings. The van der Waals surface area contributed by atoms with Gasteiger partial charge in [0.05, 0.1) is 11.6 Å². The van der Waals surface area contributed by atoms with Gasteiger partial charge in [-0.2, -0.15) is 0 Å². The van der Waals surface area contributed by atoms with Gasteiger partial charge >= 0.3 is 17.8 Å². The van der Waals surface area contributed by atoms with Crippen molar-refractivity contribution in [3.63, 3.8) is 0 Å². The summed E-state index contributed by atoms with van der Waals surface area (Å²) < 4.78 is 0. The van der Waals surface area contributed by atoms with Crippen LogP contribution in [0.25, 0.3) is 0 Å². The molecule has 272 valence electrons.